The van der Waals surface area contributed by atoms with E-state index in [9.17, 15) is 9.18 Å². The molecule has 18 heavy (non-hydrogen) atoms. The summed E-state index contributed by atoms with van der Waals surface area (Å²) in [6, 6.07) is 5.81. The topological polar surface area (TPSA) is 74.2 Å². The van der Waals surface area contributed by atoms with Crippen molar-refractivity contribution in [1.29, 1.82) is 5.26 Å². The second-order valence-electron chi connectivity index (χ2n) is 3.50. The molecule has 0 fully saturated rings. The first-order valence-electron chi connectivity index (χ1n) is 5.36. The van der Waals surface area contributed by atoms with E-state index in [-0.39, 0.29) is 18.0 Å². The van der Waals surface area contributed by atoms with Crippen molar-refractivity contribution in [2.45, 2.75) is 0 Å². The number of nitrogens with one attached hydrogen (secondary N) is 2. The maximum atomic E-state index is 13.2. The van der Waals surface area contributed by atoms with Gasteiger partial charge in [-0.15, -0.1) is 0 Å². The van der Waals surface area contributed by atoms with Crippen LogP contribution >= 0.6 is 0 Å². The number of benzene rings is 1. The van der Waals surface area contributed by atoms with E-state index in [2.05, 4.69) is 10.6 Å². The van der Waals surface area contributed by atoms with Crippen LogP contribution in [0.15, 0.2) is 18.2 Å². The summed E-state index contributed by atoms with van der Waals surface area (Å²) >= 11 is 0. The van der Waals surface area contributed by atoms with Gasteiger partial charge in [-0.05, 0) is 18.2 Å². The molecule has 0 aliphatic rings. The lowest BCUT2D eigenvalue weighted by Gasteiger charge is -2.07. The summed E-state index contributed by atoms with van der Waals surface area (Å²) < 4.78 is 18.0. The monoisotopic (exact) mass is 251 g/mol. The first-order valence-corrected chi connectivity index (χ1v) is 5.36. The highest BCUT2D eigenvalue weighted by Gasteiger charge is 2.04. The van der Waals surface area contributed by atoms with E-state index in [0.717, 1.165) is 0 Å². The van der Waals surface area contributed by atoms with Gasteiger partial charge >= 0.3 is 0 Å². The van der Waals surface area contributed by atoms with E-state index >= 15 is 0 Å². The predicted molar refractivity (Wildman–Crippen MR) is 64.5 cm³/mol. The Hall–Kier alpha value is -2.13. The van der Waals surface area contributed by atoms with Crippen molar-refractivity contribution < 1.29 is 13.9 Å². The Morgan fingerprint density at radius 2 is 2.33 bits per heavy atom. The fourth-order valence-corrected chi connectivity index (χ4v) is 1.25. The Balaban J connectivity index is 2.42. The molecule has 0 aliphatic heterocycles. The average Bonchev–Trinajstić information content (AvgIpc) is 2.37. The zero-order chi connectivity index (χ0) is 13.4. The molecule has 0 aliphatic carbocycles. The maximum absolute atomic E-state index is 13.2. The van der Waals surface area contributed by atoms with Crippen LogP contribution in [0, 0.1) is 17.1 Å². The highest BCUT2D eigenvalue weighted by molar-refractivity contribution is 5.80. The molecule has 0 atom stereocenters. The molecule has 6 heteroatoms. The molecule has 5 nitrogen and oxygen atoms in total. The van der Waals surface area contributed by atoms with Gasteiger partial charge in [-0.3, -0.25) is 4.79 Å². The number of methoxy groups -OCH3 is 1. The summed E-state index contributed by atoms with van der Waals surface area (Å²) in [4.78, 5) is 11.3. The lowest BCUT2D eigenvalue weighted by atomic mass is 10.2. The van der Waals surface area contributed by atoms with Gasteiger partial charge in [0.15, 0.2) is 0 Å². The number of halogens is 1. The number of hydrogen-bond donors (Lipinski definition) is 2. The normalized spacial score (nSPS) is 9.61. The van der Waals surface area contributed by atoms with Gasteiger partial charge in [0.05, 0.1) is 18.7 Å². The van der Waals surface area contributed by atoms with Crippen molar-refractivity contribution in [2.75, 3.05) is 32.1 Å². The lowest BCUT2D eigenvalue weighted by molar-refractivity contribution is -0.119. The van der Waals surface area contributed by atoms with Crippen LogP contribution in [-0.2, 0) is 9.53 Å². The van der Waals surface area contributed by atoms with Crippen LogP contribution in [0.2, 0.25) is 0 Å². The number of carbonyl (C=O) groups is 1. The predicted octanol–water partition coefficient (Wildman–Crippen LogP) is 0.872. The summed E-state index contributed by atoms with van der Waals surface area (Å²) in [5.41, 5.74) is 0.429. The summed E-state index contributed by atoms with van der Waals surface area (Å²) in [7, 11) is 1.55. The number of ether oxygens (including phenoxy) is 1. The smallest absolute Gasteiger partial charge is 0.239 e. The molecule has 1 aromatic carbocycles. The molecule has 96 valence electrons. The van der Waals surface area contributed by atoms with Crippen LogP contribution in [0.1, 0.15) is 5.56 Å². The van der Waals surface area contributed by atoms with Crippen LogP contribution in [0.4, 0.5) is 10.1 Å². The minimum Gasteiger partial charge on any atom is -0.383 e. The van der Waals surface area contributed by atoms with Crippen LogP contribution in [0.3, 0.4) is 0 Å². The Bertz CT molecular complexity index is 457. The van der Waals surface area contributed by atoms with E-state index in [1.165, 1.54) is 12.1 Å². The number of nitriles is 1. The lowest BCUT2D eigenvalue weighted by Crippen LogP contribution is -2.32. The second-order valence-corrected chi connectivity index (χ2v) is 3.50. The average molecular weight is 251 g/mol. The quantitative estimate of drug-likeness (QED) is 0.736. The van der Waals surface area contributed by atoms with E-state index < -0.39 is 5.82 Å². The number of carbonyl (C=O) groups excluding carboxylic acids is 1. The molecule has 1 amide bonds. The van der Waals surface area contributed by atoms with Crippen molar-refractivity contribution in [3.63, 3.8) is 0 Å². The van der Waals surface area contributed by atoms with Gasteiger partial charge in [-0.2, -0.15) is 5.26 Å². The maximum Gasteiger partial charge on any atom is 0.239 e. The molecule has 2 N–H and O–H groups in total. The van der Waals surface area contributed by atoms with Crippen molar-refractivity contribution in [2.24, 2.45) is 0 Å². The van der Waals surface area contributed by atoms with Crippen molar-refractivity contribution in [3.8, 4) is 6.07 Å². The van der Waals surface area contributed by atoms with E-state index in [1.807, 2.05) is 0 Å². The molecule has 1 rings (SSSR count). The molecule has 1 aromatic rings. The molecule has 0 bridgehead atoms. The van der Waals surface area contributed by atoms with Gasteiger partial charge in [0.2, 0.25) is 5.91 Å². The summed E-state index contributed by atoms with van der Waals surface area (Å²) in [5.74, 6) is -0.820. The van der Waals surface area contributed by atoms with Gasteiger partial charge in [-0.1, -0.05) is 0 Å². The fraction of sp³-hybridized carbons (Fsp3) is 0.333. The number of anilines is 1. The van der Waals surface area contributed by atoms with Crippen LogP contribution in [-0.4, -0.2) is 32.7 Å². The molecule has 0 saturated heterocycles. The van der Waals surface area contributed by atoms with E-state index in [0.29, 0.717) is 18.8 Å². The molecule has 0 unspecified atom stereocenters. The highest BCUT2D eigenvalue weighted by Crippen LogP contribution is 2.13. The molecular weight excluding hydrogens is 237 g/mol. The van der Waals surface area contributed by atoms with Crippen LogP contribution in [0.25, 0.3) is 0 Å². The number of nitrogens with zero attached hydrogens (tertiary/aromatic N) is 1. The summed E-state index contributed by atoms with van der Waals surface area (Å²) in [5, 5.41) is 13.9. The third-order valence-corrected chi connectivity index (χ3v) is 2.17. The van der Waals surface area contributed by atoms with Gasteiger partial charge in [-0.25, -0.2) is 4.39 Å². The number of rotatable bonds is 6. The Labute approximate surface area is 105 Å². The first-order chi connectivity index (χ1) is 8.67. The number of amides is 1. The fourth-order valence-electron chi connectivity index (χ4n) is 1.25. The molecule has 0 saturated carbocycles. The minimum atomic E-state index is -0.609. The van der Waals surface area contributed by atoms with Gasteiger partial charge in [0.25, 0.3) is 0 Å². The Morgan fingerprint density at radius 3 is 2.94 bits per heavy atom. The molecule has 0 spiro atoms. The third-order valence-electron chi connectivity index (χ3n) is 2.17. The summed E-state index contributed by atoms with van der Waals surface area (Å²) in [6.45, 7) is 0.908. The zero-order valence-corrected chi connectivity index (χ0v) is 10.00. The largest absolute Gasteiger partial charge is 0.383 e. The van der Waals surface area contributed by atoms with E-state index in [1.54, 1.807) is 19.2 Å². The Morgan fingerprint density at radius 1 is 1.56 bits per heavy atom. The Kier molecular flexibility index (Phi) is 5.61. The van der Waals surface area contributed by atoms with Crippen LogP contribution in [0.5, 0.6) is 0 Å². The second kappa shape index (κ2) is 7.25. The summed E-state index contributed by atoms with van der Waals surface area (Å²) in [6.07, 6.45) is 0. The molecule has 0 heterocycles. The number of hydrogen-bond acceptors (Lipinski definition) is 4. The SMILES string of the molecule is COCCNC(=O)CNc1ccc(C#N)c(F)c1. The molecule has 0 radical (unpaired) electrons. The van der Waals surface area contributed by atoms with Crippen molar-refractivity contribution in [1.82, 2.24) is 5.32 Å². The zero-order valence-electron chi connectivity index (χ0n) is 10.00. The first kappa shape index (κ1) is 13.9. The minimum absolute atomic E-state index is 0.0231. The standard InChI is InChI=1S/C12H14FN3O2/c1-18-5-4-15-12(17)8-16-10-3-2-9(7-14)11(13)6-10/h2-3,6,16H,4-5,8H2,1H3,(H,15,17). The van der Waals surface area contributed by atoms with E-state index in [4.69, 9.17) is 10.00 Å². The van der Waals surface area contributed by atoms with Crippen molar-refractivity contribution in [3.05, 3.63) is 29.6 Å². The van der Waals surface area contributed by atoms with Gasteiger partial charge in [0.1, 0.15) is 11.9 Å². The molecular formula is C12H14FN3O2. The van der Waals surface area contributed by atoms with Gasteiger partial charge in [0, 0.05) is 19.3 Å². The highest BCUT2D eigenvalue weighted by atomic mass is 19.1. The third kappa shape index (κ3) is 4.39. The van der Waals surface area contributed by atoms with Crippen LogP contribution < -0.4 is 10.6 Å². The van der Waals surface area contributed by atoms with Crippen molar-refractivity contribution >= 4 is 11.6 Å². The molecule has 0 aromatic heterocycles. The van der Waals surface area contributed by atoms with Gasteiger partial charge < -0.3 is 15.4 Å².